The smallest absolute Gasteiger partial charge is 0.347 e. The number of anilines is 1. The van der Waals surface area contributed by atoms with Crippen LogP contribution in [-0.2, 0) is 0 Å². The Hall–Kier alpha value is -1.14. The van der Waals surface area contributed by atoms with Crippen LogP contribution in [0, 0.1) is 10.1 Å². The van der Waals surface area contributed by atoms with Crippen molar-refractivity contribution in [2.75, 3.05) is 18.0 Å². The SMILES string of the molecule is CC1(O)CN(c2ccsc2[N+](=O)[O-])C1. The van der Waals surface area contributed by atoms with E-state index in [1.165, 1.54) is 0 Å². The number of nitro groups is 1. The Labute approximate surface area is 84.7 Å². The largest absolute Gasteiger partial charge is 0.386 e. The summed E-state index contributed by atoms with van der Waals surface area (Å²) in [6, 6.07) is 1.72. The molecule has 1 saturated heterocycles. The standard InChI is InChI=1S/C8H10N2O3S/c1-8(11)4-9(5-8)6-2-3-14-7(6)10(12)13/h2-3,11H,4-5H2,1H3. The minimum absolute atomic E-state index is 0.153. The number of hydrogen-bond donors (Lipinski definition) is 1. The Bertz CT molecular complexity index is 366. The van der Waals surface area contributed by atoms with Gasteiger partial charge >= 0.3 is 5.00 Å². The lowest BCUT2D eigenvalue weighted by Gasteiger charge is -2.44. The van der Waals surface area contributed by atoms with Gasteiger partial charge in [-0.3, -0.25) is 10.1 Å². The zero-order chi connectivity index (χ0) is 10.3. The van der Waals surface area contributed by atoms with E-state index in [9.17, 15) is 15.2 Å². The first-order chi connectivity index (χ1) is 6.49. The Balaban J connectivity index is 2.18. The number of aliphatic hydroxyl groups is 1. The maximum absolute atomic E-state index is 10.6. The molecular formula is C8H10N2O3S. The van der Waals surface area contributed by atoms with E-state index in [4.69, 9.17) is 0 Å². The third-order valence-electron chi connectivity index (χ3n) is 2.19. The van der Waals surface area contributed by atoms with Gasteiger partial charge in [-0.15, -0.1) is 0 Å². The molecule has 14 heavy (non-hydrogen) atoms. The molecule has 0 aliphatic carbocycles. The molecule has 0 unspecified atom stereocenters. The van der Waals surface area contributed by atoms with Crippen LogP contribution < -0.4 is 4.90 Å². The highest BCUT2D eigenvalue weighted by Gasteiger charge is 2.39. The Kier molecular flexibility index (Phi) is 1.97. The van der Waals surface area contributed by atoms with Crippen molar-refractivity contribution >= 4 is 22.0 Å². The second-order valence-corrected chi connectivity index (χ2v) is 4.62. The van der Waals surface area contributed by atoms with Crippen molar-refractivity contribution in [1.29, 1.82) is 0 Å². The van der Waals surface area contributed by atoms with Gasteiger partial charge in [0.25, 0.3) is 0 Å². The van der Waals surface area contributed by atoms with Gasteiger partial charge in [0.05, 0.1) is 10.5 Å². The average molecular weight is 214 g/mol. The van der Waals surface area contributed by atoms with Crippen LogP contribution in [0.3, 0.4) is 0 Å². The van der Waals surface area contributed by atoms with E-state index in [-0.39, 0.29) is 9.92 Å². The molecule has 1 aliphatic heterocycles. The van der Waals surface area contributed by atoms with Gasteiger partial charge < -0.3 is 10.0 Å². The predicted molar refractivity (Wildman–Crippen MR) is 53.8 cm³/mol. The lowest BCUT2D eigenvalue weighted by atomic mass is 9.96. The highest BCUT2D eigenvalue weighted by atomic mass is 32.1. The fourth-order valence-corrected chi connectivity index (χ4v) is 2.35. The van der Waals surface area contributed by atoms with E-state index in [0.717, 1.165) is 11.3 Å². The molecule has 1 fully saturated rings. The second kappa shape index (κ2) is 2.93. The molecule has 1 aromatic heterocycles. The van der Waals surface area contributed by atoms with Crippen LogP contribution in [0.4, 0.5) is 10.7 Å². The monoisotopic (exact) mass is 214 g/mol. The fraction of sp³-hybridized carbons (Fsp3) is 0.500. The molecule has 0 radical (unpaired) electrons. The summed E-state index contributed by atoms with van der Waals surface area (Å²) in [5.41, 5.74) is -0.0815. The van der Waals surface area contributed by atoms with E-state index >= 15 is 0 Å². The van der Waals surface area contributed by atoms with Gasteiger partial charge in [-0.05, 0) is 18.4 Å². The summed E-state index contributed by atoms with van der Waals surface area (Å²) in [5.74, 6) is 0. The third-order valence-corrected chi connectivity index (χ3v) is 3.05. The van der Waals surface area contributed by atoms with Gasteiger partial charge in [-0.1, -0.05) is 11.3 Å². The van der Waals surface area contributed by atoms with Gasteiger partial charge in [-0.25, -0.2) is 0 Å². The number of thiophene rings is 1. The van der Waals surface area contributed by atoms with Crippen LogP contribution in [0.5, 0.6) is 0 Å². The third kappa shape index (κ3) is 1.46. The maximum atomic E-state index is 10.6. The summed E-state index contributed by atoms with van der Waals surface area (Å²) < 4.78 is 0. The van der Waals surface area contributed by atoms with Crippen molar-refractivity contribution in [3.63, 3.8) is 0 Å². The van der Waals surface area contributed by atoms with Crippen LogP contribution >= 0.6 is 11.3 Å². The lowest BCUT2D eigenvalue weighted by molar-refractivity contribution is -0.379. The molecule has 0 bridgehead atoms. The van der Waals surface area contributed by atoms with Crippen molar-refractivity contribution in [2.45, 2.75) is 12.5 Å². The molecule has 6 heteroatoms. The van der Waals surface area contributed by atoms with E-state index in [2.05, 4.69) is 0 Å². The van der Waals surface area contributed by atoms with Crippen LogP contribution in [0.2, 0.25) is 0 Å². The minimum atomic E-state index is -0.699. The summed E-state index contributed by atoms with van der Waals surface area (Å²) in [7, 11) is 0. The quantitative estimate of drug-likeness (QED) is 0.594. The normalized spacial score (nSPS) is 19.1. The van der Waals surface area contributed by atoms with Gasteiger partial charge in [0.2, 0.25) is 0 Å². The summed E-state index contributed by atoms with van der Waals surface area (Å²) >= 11 is 1.11. The number of nitrogens with zero attached hydrogens (tertiary/aromatic N) is 2. The minimum Gasteiger partial charge on any atom is -0.386 e. The highest BCUT2D eigenvalue weighted by Crippen LogP contribution is 2.38. The summed E-state index contributed by atoms with van der Waals surface area (Å²) in [6.07, 6.45) is 0. The Morgan fingerprint density at radius 1 is 1.71 bits per heavy atom. The van der Waals surface area contributed by atoms with E-state index in [0.29, 0.717) is 18.8 Å². The van der Waals surface area contributed by atoms with E-state index in [1.807, 2.05) is 4.90 Å². The molecule has 76 valence electrons. The Morgan fingerprint density at radius 2 is 2.36 bits per heavy atom. The average Bonchev–Trinajstić information content (AvgIpc) is 2.46. The molecule has 5 nitrogen and oxygen atoms in total. The molecule has 0 atom stereocenters. The van der Waals surface area contributed by atoms with Gasteiger partial charge in [0.15, 0.2) is 0 Å². The van der Waals surface area contributed by atoms with Gasteiger partial charge in [0, 0.05) is 13.1 Å². The first kappa shape index (κ1) is 9.42. The molecule has 0 saturated carbocycles. The summed E-state index contributed by atoms with van der Waals surface area (Å²) in [5, 5.41) is 22.0. The molecule has 0 aromatic carbocycles. The first-order valence-electron chi connectivity index (χ1n) is 4.19. The molecule has 0 spiro atoms. The van der Waals surface area contributed by atoms with Crippen LogP contribution in [-0.4, -0.2) is 28.7 Å². The molecule has 0 amide bonds. The highest BCUT2D eigenvalue weighted by molar-refractivity contribution is 7.14. The van der Waals surface area contributed by atoms with Gasteiger partial charge in [0.1, 0.15) is 5.69 Å². The second-order valence-electron chi connectivity index (χ2n) is 3.72. The number of β-amino-alcohol motifs (C(OH)–C–C–N with tert-alkyl or cyclic N) is 1. The summed E-state index contributed by atoms with van der Waals surface area (Å²) in [4.78, 5) is 12.0. The number of hydrogen-bond acceptors (Lipinski definition) is 5. The Morgan fingerprint density at radius 3 is 2.86 bits per heavy atom. The summed E-state index contributed by atoms with van der Waals surface area (Å²) in [6.45, 7) is 2.65. The number of rotatable bonds is 2. The topological polar surface area (TPSA) is 66.6 Å². The zero-order valence-corrected chi connectivity index (χ0v) is 8.45. The van der Waals surface area contributed by atoms with E-state index < -0.39 is 5.60 Å². The molecule has 1 aromatic rings. The zero-order valence-electron chi connectivity index (χ0n) is 7.64. The van der Waals surface area contributed by atoms with Crippen molar-refractivity contribution in [3.05, 3.63) is 21.6 Å². The van der Waals surface area contributed by atoms with Crippen molar-refractivity contribution in [1.82, 2.24) is 0 Å². The van der Waals surface area contributed by atoms with Crippen molar-refractivity contribution < 1.29 is 10.0 Å². The van der Waals surface area contributed by atoms with Crippen LogP contribution in [0.1, 0.15) is 6.92 Å². The maximum Gasteiger partial charge on any atom is 0.347 e. The first-order valence-corrected chi connectivity index (χ1v) is 5.07. The van der Waals surface area contributed by atoms with Crippen LogP contribution in [0.25, 0.3) is 0 Å². The molecule has 2 rings (SSSR count). The van der Waals surface area contributed by atoms with Crippen molar-refractivity contribution in [3.8, 4) is 0 Å². The molecule has 1 aliphatic rings. The predicted octanol–water partition coefficient (Wildman–Crippen LogP) is 1.23. The van der Waals surface area contributed by atoms with Crippen LogP contribution in [0.15, 0.2) is 11.4 Å². The fourth-order valence-electron chi connectivity index (χ4n) is 1.62. The molecule has 1 N–H and O–H groups in total. The van der Waals surface area contributed by atoms with Gasteiger partial charge in [-0.2, -0.15) is 0 Å². The van der Waals surface area contributed by atoms with E-state index in [1.54, 1.807) is 18.4 Å². The molecular weight excluding hydrogens is 204 g/mol. The molecule has 2 heterocycles. The van der Waals surface area contributed by atoms with Crippen molar-refractivity contribution in [2.24, 2.45) is 0 Å². The lowest BCUT2D eigenvalue weighted by Crippen LogP contribution is -2.60.